The molecule has 2 aliphatic rings. The second-order valence-corrected chi connectivity index (χ2v) is 8.77. The highest BCUT2D eigenvalue weighted by molar-refractivity contribution is 5.91. The smallest absolute Gasteiger partial charge is 0.244 e. The third kappa shape index (κ3) is 4.70. The Morgan fingerprint density at radius 1 is 0.971 bits per heavy atom. The lowest BCUT2D eigenvalue weighted by atomic mass is 9.96. The van der Waals surface area contributed by atoms with E-state index in [9.17, 15) is 4.39 Å². The van der Waals surface area contributed by atoms with E-state index in [2.05, 4.69) is 14.9 Å². The van der Waals surface area contributed by atoms with E-state index in [0.717, 1.165) is 31.5 Å². The largest absolute Gasteiger partial charge is 0.491 e. The maximum Gasteiger partial charge on any atom is 0.244 e. The van der Waals surface area contributed by atoms with Crippen LogP contribution in [0.5, 0.6) is 23.0 Å². The van der Waals surface area contributed by atoms with Gasteiger partial charge >= 0.3 is 0 Å². The number of hydrogen-bond acceptors (Lipinski definition) is 9. The number of nitrogens with zero attached hydrogens (tertiary/aromatic N) is 3. The highest BCUT2D eigenvalue weighted by Crippen LogP contribution is 2.42. The van der Waals surface area contributed by atoms with Gasteiger partial charge in [0.1, 0.15) is 5.82 Å². The summed E-state index contributed by atoms with van der Waals surface area (Å²) >= 11 is 0. The van der Waals surface area contributed by atoms with Crippen LogP contribution in [0.3, 0.4) is 0 Å². The molecule has 3 aromatic rings. The molecule has 2 aromatic carbocycles. The molecule has 9 nitrogen and oxygen atoms in total. The van der Waals surface area contributed by atoms with Crippen LogP contribution in [0.15, 0.2) is 24.3 Å². The number of fused-ring (bicyclic) bond motifs is 2. The van der Waals surface area contributed by atoms with Crippen molar-refractivity contribution >= 4 is 22.7 Å². The average molecular weight is 484 g/mol. The zero-order chi connectivity index (χ0) is 24.5. The molecule has 35 heavy (non-hydrogen) atoms. The van der Waals surface area contributed by atoms with Gasteiger partial charge in [0.2, 0.25) is 18.1 Å². The van der Waals surface area contributed by atoms with Crippen LogP contribution in [0.1, 0.15) is 32.3 Å². The minimum absolute atomic E-state index is 0.126. The fraction of sp³-hybridized carbons (Fsp3) is 0.440. The normalized spacial score (nSPS) is 18.2. The molecule has 0 amide bonds. The molecule has 2 aliphatic heterocycles. The minimum atomic E-state index is -0.450. The first-order valence-electron chi connectivity index (χ1n) is 12.0. The van der Waals surface area contributed by atoms with Gasteiger partial charge in [-0.1, -0.05) is 0 Å². The molecule has 0 saturated carbocycles. The fourth-order valence-electron chi connectivity index (χ4n) is 4.71. The Kier molecular flexibility index (Phi) is 6.38. The Morgan fingerprint density at radius 3 is 2.23 bits per heavy atom. The first kappa shape index (κ1) is 23.2. The zero-order valence-corrected chi connectivity index (χ0v) is 19.9. The van der Waals surface area contributed by atoms with E-state index >= 15 is 0 Å². The van der Waals surface area contributed by atoms with Gasteiger partial charge in [-0.3, -0.25) is 4.90 Å². The molecule has 5 rings (SSSR count). The molecular formula is C25H30FN5O4. The Morgan fingerprint density at radius 2 is 1.60 bits per heavy atom. The quantitative estimate of drug-likeness (QED) is 0.518. The van der Waals surface area contributed by atoms with Crippen molar-refractivity contribution in [3.05, 3.63) is 35.6 Å². The third-order valence-corrected chi connectivity index (χ3v) is 6.38. The van der Waals surface area contributed by atoms with Crippen molar-refractivity contribution < 1.29 is 23.3 Å². The zero-order valence-electron chi connectivity index (χ0n) is 19.9. The predicted molar refractivity (Wildman–Crippen MR) is 130 cm³/mol. The SMILES string of the molecule is CCOc1cc(CN2CCC(C3Oc4cc5nc(N)nc(N)c5cc4O3)CC2)cc(OCC)c1F. The second kappa shape index (κ2) is 9.61. The van der Waals surface area contributed by atoms with E-state index in [1.807, 2.05) is 19.9 Å². The second-order valence-electron chi connectivity index (χ2n) is 8.77. The van der Waals surface area contributed by atoms with Crippen molar-refractivity contribution in [2.45, 2.75) is 39.5 Å². The van der Waals surface area contributed by atoms with Gasteiger partial charge in [-0.15, -0.1) is 0 Å². The number of hydrogen-bond donors (Lipinski definition) is 2. The number of nitrogen functional groups attached to an aromatic ring is 2. The maximum absolute atomic E-state index is 14.6. The lowest BCUT2D eigenvalue weighted by Crippen LogP contribution is -2.40. The maximum atomic E-state index is 14.6. The molecule has 0 aliphatic carbocycles. The lowest BCUT2D eigenvalue weighted by molar-refractivity contribution is -0.0287. The molecular weight excluding hydrogens is 453 g/mol. The summed E-state index contributed by atoms with van der Waals surface area (Å²) in [5.74, 6) is 1.97. The molecule has 1 atom stereocenters. The Bertz CT molecular complexity index is 1210. The monoisotopic (exact) mass is 483 g/mol. The van der Waals surface area contributed by atoms with Crippen LogP contribution in [0.4, 0.5) is 16.2 Å². The summed E-state index contributed by atoms with van der Waals surface area (Å²) in [7, 11) is 0. The number of ether oxygens (including phenoxy) is 4. The number of benzene rings is 2. The molecule has 3 heterocycles. The first-order valence-corrected chi connectivity index (χ1v) is 12.0. The Balaban J connectivity index is 1.23. The third-order valence-electron chi connectivity index (χ3n) is 6.38. The fourth-order valence-corrected chi connectivity index (χ4v) is 4.71. The summed E-state index contributed by atoms with van der Waals surface area (Å²) in [5.41, 5.74) is 13.3. The molecule has 1 aromatic heterocycles. The average Bonchev–Trinajstić information content (AvgIpc) is 3.24. The van der Waals surface area contributed by atoms with E-state index in [-0.39, 0.29) is 29.7 Å². The van der Waals surface area contributed by atoms with Crippen LogP contribution in [-0.2, 0) is 6.54 Å². The Hall–Kier alpha value is -3.53. The molecule has 1 saturated heterocycles. The van der Waals surface area contributed by atoms with Gasteiger partial charge in [0.15, 0.2) is 23.0 Å². The molecule has 186 valence electrons. The standard InChI is InChI=1S/C25H30FN5O4/c1-3-32-20-9-14(10-21(22(20)26)33-4-2)13-31-7-5-15(6-8-31)24-34-18-11-16-17(12-19(18)35-24)29-25(28)30-23(16)27/h9-12,15,24H,3-8,13H2,1-2H3,(H4,27,28,29,30). The number of anilines is 2. The highest BCUT2D eigenvalue weighted by Gasteiger charge is 2.35. The summed E-state index contributed by atoms with van der Waals surface area (Å²) in [6.07, 6.45) is 1.45. The summed E-state index contributed by atoms with van der Waals surface area (Å²) in [4.78, 5) is 10.6. The van der Waals surface area contributed by atoms with E-state index in [1.165, 1.54) is 0 Å². The van der Waals surface area contributed by atoms with Crippen molar-refractivity contribution in [2.75, 3.05) is 37.8 Å². The lowest BCUT2D eigenvalue weighted by Gasteiger charge is -2.33. The molecule has 10 heteroatoms. The predicted octanol–water partition coefficient (Wildman–Crippen LogP) is 3.74. The topological polar surface area (TPSA) is 118 Å². The van der Waals surface area contributed by atoms with Gasteiger partial charge < -0.3 is 30.4 Å². The molecule has 4 N–H and O–H groups in total. The van der Waals surface area contributed by atoms with Crippen molar-refractivity contribution in [1.29, 1.82) is 0 Å². The van der Waals surface area contributed by atoms with Gasteiger partial charge in [0.25, 0.3) is 0 Å². The van der Waals surface area contributed by atoms with Crippen molar-refractivity contribution in [1.82, 2.24) is 14.9 Å². The summed E-state index contributed by atoms with van der Waals surface area (Å²) in [5, 5.41) is 0.689. The van der Waals surface area contributed by atoms with Crippen molar-refractivity contribution in [3.8, 4) is 23.0 Å². The van der Waals surface area contributed by atoms with Crippen LogP contribution >= 0.6 is 0 Å². The number of rotatable bonds is 7. The molecule has 1 fully saturated rings. The molecule has 0 bridgehead atoms. The molecule has 1 unspecified atom stereocenters. The summed E-state index contributed by atoms with van der Waals surface area (Å²) in [6.45, 7) is 6.88. The number of likely N-dealkylation sites (tertiary alicyclic amines) is 1. The molecule has 0 spiro atoms. The van der Waals surface area contributed by atoms with Gasteiger partial charge in [-0.05, 0) is 63.5 Å². The van der Waals surface area contributed by atoms with Crippen LogP contribution in [0, 0.1) is 11.7 Å². The van der Waals surface area contributed by atoms with Gasteiger partial charge in [0.05, 0.1) is 18.7 Å². The van der Waals surface area contributed by atoms with Crippen LogP contribution < -0.4 is 30.4 Å². The highest BCUT2D eigenvalue weighted by atomic mass is 19.1. The van der Waals surface area contributed by atoms with Crippen LogP contribution in [-0.4, -0.2) is 47.5 Å². The van der Waals surface area contributed by atoms with Crippen LogP contribution in [0.2, 0.25) is 0 Å². The number of piperidine rings is 1. The van der Waals surface area contributed by atoms with Crippen LogP contribution in [0.25, 0.3) is 10.9 Å². The first-order chi connectivity index (χ1) is 16.9. The van der Waals surface area contributed by atoms with E-state index in [0.29, 0.717) is 48.0 Å². The molecule has 0 radical (unpaired) electrons. The summed E-state index contributed by atoms with van der Waals surface area (Å²) < 4.78 is 37.8. The number of aromatic nitrogens is 2. The summed E-state index contributed by atoms with van der Waals surface area (Å²) in [6, 6.07) is 7.14. The van der Waals surface area contributed by atoms with Gasteiger partial charge in [0, 0.05) is 23.9 Å². The van der Waals surface area contributed by atoms with E-state index < -0.39 is 5.82 Å². The van der Waals surface area contributed by atoms with Crippen molar-refractivity contribution in [2.24, 2.45) is 5.92 Å². The minimum Gasteiger partial charge on any atom is -0.491 e. The number of halogens is 1. The van der Waals surface area contributed by atoms with Gasteiger partial charge in [-0.2, -0.15) is 9.37 Å². The number of nitrogens with two attached hydrogens (primary N) is 2. The van der Waals surface area contributed by atoms with Gasteiger partial charge in [-0.25, -0.2) is 4.98 Å². The van der Waals surface area contributed by atoms with E-state index in [1.54, 1.807) is 18.2 Å². The van der Waals surface area contributed by atoms with Crippen molar-refractivity contribution in [3.63, 3.8) is 0 Å². The Labute approximate surface area is 203 Å². The van der Waals surface area contributed by atoms with E-state index in [4.69, 9.17) is 30.4 Å².